The molecule has 2 saturated carbocycles. The van der Waals surface area contributed by atoms with E-state index in [9.17, 15) is 15.3 Å². The number of allylic oxidation sites excluding steroid dienone is 2. The molecule has 3 aliphatic rings. The van der Waals surface area contributed by atoms with Crippen molar-refractivity contribution in [2.24, 2.45) is 35.0 Å². The summed E-state index contributed by atoms with van der Waals surface area (Å²) in [5.74, 6) is 3.15. The maximum Gasteiger partial charge on any atom is 0.0644 e. The molecule has 23 heavy (non-hydrogen) atoms. The first-order chi connectivity index (χ1) is 11.1. The maximum absolute atomic E-state index is 10.3. The second-order valence-corrected chi connectivity index (χ2v) is 8.19. The number of rotatable bonds is 6. The van der Waals surface area contributed by atoms with Gasteiger partial charge in [-0.15, -0.1) is 0 Å². The molecule has 0 unspecified atom stereocenters. The fraction of sp³-hybridized carbons (Fsp3) is 0.800. The van der Waals surface area contributed by atoms with Crippen LogP contribution in [0.25, 0.3) is 0 Å². The lowest BCUT2D eigenvalue weighted by molar-refractivity contribution is -0.196. The number of hydrogen-bond acceptors (Lipinski definition) is 3. The summed E-state index contributed by atoms with van der Waals surface area (Å²) in [6.45, 7) is 4.81. The summed E-state index contributed by atoms with van der Waals surface area (Å²) in [5.41, 5.74) is 2.13. The largest absolute Gasteiger partial charge is 0.396 e. The molecule has 0 aromatic heterocycles. The van der Waals surface area contributed by atoms with Gasteiger partial charge in [-0.1, -0.05) is 31.1 Å². The van der Waals surface area contributed by atoms with Gasteiger partial charge < -0.3 is 15.3 Å². The Kier molecular flexibility index (Phi) is 5.01. The molecule has 0 bridgehead atoms. The molecule has 0 aliphatic heterocycles. The fourth-order valence-corrected chi connectivity index (χ4v) is 6.04. The van der Waals surface area contributed by atoms with E-state index < -0.39 is 0 Å². The first-order valence-corrected chi connectivity index (χ1v) is 9.26. The average Bonchev–Trinajstić information content (AvgIpc) is 2.57. The highest BCUT2D eigenvalue weighted by atomic mass is 16.3. The lowest BCUT2D eigenvalue weighted by Crippen LogP contribution is -2.65. The van der Waals surface area contributed by atoms with Gasteiger partial charge in [0.1, 0.15) is 0 Å². The van der Waals surface area contributed by atoms with Crippen LogP contribution in [0.5, 0.6) is 0 Å². The smallest absolute Gasteiger partial charge is 0.0644 e. The molecule has 2 fully saturated rings. The van der Waals surface area contributed by atoms with Crippen LogP contribution in [0.2, 0.25) is 0 Å². The fourth-order valence-electron chi connectivity index (χ4n) is 6.04. The van der Waals surface area contributed by atoms with E-state index in [0.717, 1.165) is 36.7 Å². The number of aliphatic hydroxyl groups excluding tert-OH is 3. The van der Waals surface area contributed by atoms with Crippen molar-refractivity contribution in [3.8, 4) is 0 Å². The van der Waals surface area contributed by atoms with Crippen molar-refractivity contribution in [3.63, 3.8) is 0 Å². The molecule has 3 nitrogen and oxygen atoms in total. The number of aliphatic hydroxyl groups is 3. The SMILES string of the molecule is C/C(=C\CC[C@]1(CO)[C@@H]2CC[C@H](C)[C@@H]3CC=C(CO)[C@H]1[C@@H]32)CO. The number of hydrogen-bond donors (Lipinski definition) is 3. The first kappa shape index (κ1) is 17.2. The van der Waals surface area contributed by atoms with Crippen molar-refractivity contribution in [3.05, 3.63) is 23.3 Å². The Bertz CT molecular complexity index is 495. The zero-order valence-electron chi connectivity index (χ0n) is 14.5. The van der Waals surface area contributed by atoms with Gasteiger partial charge in [0.2, 0.25) is 0 Å². The van der Waals surface area contributed by atoms with E-state index in [1.165, 1.54) is 18.4 Å². The van der Waals surface area contributed by atoms with E-state index in [1.54, 1.807) is 0 Å². The van der Waals surface area contributed by atoms with E-state index in [0.29, 0.717) is 17.8 Å². The van der Waals surface area contributed by atoms with Gasteiger partial charge in [-0.05, 0) is 67.8 Å². The van der Waals surface area contributed by atoms with Crippen LogP contribution in [0.3, 0.4) is 0 Å². The standard InChI is InChI=1S/C20H32O3/c1-13(10-21)4-3-9-20(12-23)17-8-5-14(2)16-7-6-15(11-22)19(20)18(16)17/h4,6,14,16-19,21-23H,3,5,7-12H2,1-2H3/b13-4+/t14-,16-,17+,18-,19-,20-/m0/s1. The normalized spacial score (nSPS) is 42.7. The van der Waals surface area contributed by atoms with Crippen LogP contribution in [-0.2, 0) is 0 Å². The molecule has 0 saturated heterocycles. The summed E-state index contributed by atoms with van der Waals surface area (Å²) in [7, 11) is 0. The molecule has 0 amide bonds. The van der Waals surface area contributed by atoms with Crippen LogP contribution in [0.4, 0.5) is 0 Å². The Morgan fingerprint density at radius 1 is 1.30 bits per heavy atom. The topological polar surface area (TPSA) is 60.7 Å². The lowest BCUT2D eigenvalue weighted by atomic mass is 9.36. The third-order valence-corrected chi connectivity index (χ3v) is 7.25. The molecule has 0 aromatic rings. The van der Waals surface area contributed by atoms with Crippen LogP contribution in [-0.4, -0.2) is 35.1 Å². The van der Waals surface area contributed by atoms with E-state index in [4.69, 9.17) is 0 Å². The summed E-state index contributed by atoms with van der Waals surface area (Å²) < 4.78 is 0. The average molecular weight is 320 g/mol. The highest BCUT2D eigenvalue weighted by Gasteiger charge is 2.65. The highest BCUT2D eigenvalue weighted by Crippen LogP contribution is 2.69. The minimum atomic E-state index is -0.0513. The molecule has 3 N–H and O–H groups in total. The monoisotopic (exact) mass is 320 g/mol. The van der Waals surface area contributed by atoms with Gasteiger partial charge in [0, 0.05) is 12.0 Å². The predicted octanol–water partition coefficient (Wildman–Crippen LogP) is 2.91. The van der Waals surface area contributed by atoms with Crippen molar-refractivity contribution in [2.45, 2.75) is 46.0 Å². The van der Waals surface area contributed by atoms with E-state index in [1.807, 2.05) is 6.92 Å². The molecular weight excluding hydrogens is 288 g/mol. The molecule has 130 valence electrons. The minimum Gasteiger partial charge on any atom is -0.396 e. The zero-order chi connectivity index (χ0) is 16.6. The molecule has 0 spiro atoms. The van der Waals surface area contributed by atoms with Crippen molar-refractivity contribution in [1.82, 2.24) is 0 Å². The zero-order valence-corrected chi connectivity index (χ0v) is 14.5. The third kappa shape index (κ3) is 2.61. The van der Waals surface area contributed by atoms with Crippen molar-refractivity contribution >= 4 is 0 Å². The first-order valence-electron chi connectivity index (χ1n) is 9.26. The minimum absolute atomic E-state index is 0.0513. The van der Waals surface area contributed by atoms with Gasteiger partial charge in [0.15, 0.2) is 0 Å². The van der Waals surface area contributed by atoms with Gasteiger partial charge >= 0.3 is 0 Å². The summed E-state index contributed by atoms with van der Waals surface area (Å²) in [4.78, 5) is 0. The van der Waals surface area contributed by atoms with Crippen molar-refractivity contribution < 1.29 is 15.3 Å². The Morgan fingerprint density at radius 3 is 2.74 bits per heavy atom. The Balaban J connectivity index is 1.85. The Labute approximate surface area is 140 Å². The summed E-state index contributed by atoms with van der Waals surface area (Å²) >= 11 is 0. The Hall–Kier alpha value is -0.640. The van der Waals surface area contributed by atoms with Crippen LogP contribution in [0.15, 0.2) is 23.3 Å². The molecule has 0 radical (unpaired) electrons. The van der Waals surface area contributed by atoms with Crippen LogP contribution < -0.4 is 0 Å². The van der Waals surface area contributed by atoms with Gasteiger partial charge in [-0.3, -0.25) is 0 Å². The molecule has 3 rings (SSSR count). The van der Waals surface area contributed by atoms with Crippen LogP contribution in [0, 0.1) is 35.0 Å². The van der Waals surface area contributed by atoms with Gasteiger partial charge in [0.25, 0.3) is 0 Å². The molecule has 3 aliphatic carbocycles. The predicted molar refractivity (Wildman–Crippen MR) is 91.7 cm³/mol. The van der Waals surface area contributed by atoms with Crippen molar-refractivity contribution in [1.29, 1.82) is 0 Å². The van der Waals surface area contributed by atoms with Crippen LogP contribution >= 0.6 is 0 Å². The van der Waals surface area contributed by atoms with Crippen molar-refractivity contribution in [2.75, 3.05) is 19.8 Å². The second-order valence-electron chi connectivity index (χ2n) is 8.19. The quantitative estimate of drug-likeness (QED) is 0.660. The van der Waals surface area contributed by atoms with Gasteiger partial charge in [-0.2, -0.15) is 0 Å². The van der Waals surface area contributed by atoms with Gasteiger partial charge in [-0.25, -0.2) is 0 Å². The van der Waals surface area contributed by atoms with Crippen LogP contribution in [0.1, 0.15) is 46.0 Å². The summed E-state index contributed by atoms with van der Waals surface area (Å²) in [6, 6.07) is 0. The summed E-state index contributed by atoms with van der Waals surface area (Å²) in [5, 5.41) is 29.3. The molecule has 0 heterocycles. The lowest BCUT2D eigenvalue weighted by Gasteiger charge is -2.68. The highest BCUT2D eigenvalue weighted by molar-refractivity contribution is 5.28. The summed E-state index contributed by atoms with van der Waals surface area (Å²) in [6.07, 6.45) is 9.85. The molecule has 0 aromatic carbocycles. The third-order valence-electron chi connectivity index (χ3n) is 7.25. The molecule has 6 atom stereocenters. The second kappa shape index (κ2) is 6.70. The molecule has 3 heteroatoms. The van der Waals surface area contributed by atoms with E-state index in [-0.39, 0.29) is 25.2 Å². The van der Waals surface area contributed by atoms with Gasteiger partial charge in [0.05, 0.1) is 13.2 Å². The van der Waals surface area contributed by atoms with E-state index in [2.05, 4.69) is 19.1 Å². The molecular formula is C20H32O3. The van der Waals surface area contributed by atoms with E-state index >= 15 is 0 Å². The Morgan fingerprint density at radius 2 is 2.09 bits per heavy atom. The maximum atomic E-state index is 10.3.